The minimum Gasteiger partial charge on any atom is -0.497 e. The molecule has 1 aromatic heterocycles. The second-order valence-electron chi connectivity index (χ2n) is 5.25. The number of methoxy groups -OCH3 is 1. The van der Waals surface area contributed by atoms with E-state index in [-0.39, 0.29) is 4.74 Å². The van der Waals surface area contributed by atoms with Gasteiger partial charge in [0.2, 0.25) is 0 Å². The van der Waals surface area contributed by atoms with E-state index in [9.17, 15) is 4.79 Å². The van der Waals surface area contributed by atoms with Crippen LogP contribution in [-0.4, -0.2) is 26.2 Å². The number of ether oxygens (including phenoxy) is 1. The molecule has 0 aliphatic rings. The molecule has 0 saturated heterocycles. The number of anilines is 3. The van der Waals surface area contributed by atoms with E-state index in [1.807, 2.05) is 61.5 Å². The van der Waals surface area contributed by atoms with Crippen LogP contribution >= 0.6 is 11.3 Å². The molecule has 0 bridgehead atoms. The summed E-state index contributed by atoms with van der Waals surface area (Å²) in [6.07, 6.45) is 0. The molecule has 0 atom stereocenters. The van der Waals surface area contributed by atoms with Gasteiger partial charge in [0.15, 0.2) is 5.82 Å². The van der Waals surface area contributed by atoms with E-state index >= 15 is 0 Å². The molecule has 0 aliphatic carbocycles. The highest BCUT2D eigenvalue weighted by Crippen LogP contribution is 2.24. The van der Waals surface area contributed by atoms with Gasteiger partial charge in [0.1, 0.15) is 5.75 Å². The van der Waals surface area contributed by atoms with Gasteiger partial charge in [-0.2, -0.15) is 0 Å². The zero-order valence-corrected chi connectivity index (χ0v) is 14.0. The van der Waals surface area contributed by atoms with Gasteiger partial charge in [0.25, 0.3) is 4.74 Å². The molecule has 0 amide bonds. The van der Waals surface area contributed by atoms with E-state index in [2.05, 4.69) is 10.3 Å². The van der Waals surface area contributed by atoms with Crippen LogP contribution in [0.1, 0.15) is 0 Å². The molecular formula is C17H17N3O2S. The predicted octanol–water partition coefficient (Wildman–Crippen LogP) is 3.47. The van der Waals surface area contributed by atoms with Crippen molar-refractivity contribution >= 4 is 38.7 Å². The summed E-state index contributed by atoms with van der Waals surface area (Å²) in [6.45, 7) is 0. The molecule has 0 unspecified atom stereocenters. The van der Waals surface area contributed by atoms with Crippen molar-refractivity contribution in [3.05, 3.63) is 52.0 Å². The fourth-order valence-corrected chi connectivity index (χ4v) is 2.95. The van der Waals surface area contributed by atoms with E-state index < -0.39 is 0 Å². The summed E-state index contributed by atoms with van der Waals surface area (Å²) in [7, 11) is 5.56. The highest BCUT2D eigenvalue weighted by molar-refractivity contribution is 7.16. The van der Waals surface area contributed by atoms with Crippen molar-refractivity contribution in [1.82, 2.24) is 4.98 Å². The lowest BCUT2D eigenvalue weighted by Crippen LogP contribution is -2.09. The Morgan fingerprint density at radius 1 is 1.13 bits per heavy atom. The Hall–Kier alpha value is -2.60. The van der Waals surface area contributed by atoms with Crippen LogP contribution < -0.4 is 19.7 Å². The number of nitrogens with one attached hydrogen (secondary N) is 1. The fraction of sp³-hybridized carbons (Fsp3) is 0.176. The van der Waals surface area contributed by atoms with Gasteiger partial charge < -0.3 is 15.0 Å². The standard InChI is InChI=1S/C17H17N3O2S/c1-20(2)12-6-9-14-15(10-12)23-17(21)16(19-14)18-11-4-7-13(22-3)8-5-11/h4-10H,1-3H3,(H,18,19). The molecule has 6 heteroatoms. The average Bonchev–Trinajstić information content (AvgIpc) is 2.55. The van der Waals surface area contributed by atoms with Gasteiger partial charge in [0, 0.05) is 25.5 Å². The van der Waals surface area contributed by atoms with Gasteiger partial charge in [-0.15, -0.1) is 0 Å². The van der Waals surface area contributed by atoms with Crippen molar-refractivity contribution in [2.75, 3.05) is 31.4 Å². The van der Waals surface area contributed by atoms with Crippen molar-refractivity contribution in [1.29, 1.82) is 0 Å². The third-order valence-corrected chi connectivity index (χ3v) is 4.37. The lowest BCUT2D eigenvalue weighted by molar-refractivity contribution is 0.415. The highest BCUT2D eigenvalue weighted by Gasteiger charge is 2.07. The van der Waals surface area contributed by atoms with Crippen LogP contribution in [0.5, 0.6) is 5.75 Å². The SMILES string of the molecule is COc1ccc(Nc2nc3ccc(N(C)C)cc3sc2=O)cc1. The minimum atomic E-state index is -0.0933. The van der Waals surface area contributed by atoms with E-state index in [1.165, 1.54) is 11.3 Å². The predicted molar refractivity (Wildman–Crippen MR) is 96.5 cm³/mol. The van der Waals surface area contributed by atoms with Crippen LogP contribution in [0, 0.1) is 0 Å². The smallest absolute Gasteiger partial charge is 0.275 e. The first-order valence-electron chi connectivity index (χ1n) is 7.10. The summed E-state index contributed by atoms with van der Waals surface area (Å²) < 4.78 is 5.91. The second-order valence-corrected chi connectivity index (χ2v) is 6.26. The zero-order chi connectivity index (χ0) is 16.4. The number of rotatable bonds is 4. The summed E-state index contributed by atoms with van der Waals surface area (Å²) in [5.74, 6) is 1.11. The van der Waals surface area contributed by atoms with Gasteiger partial charge in [-0.3, -0.25) is 4.79 Å². The Labute approximate surface area is 138 Å². The van der Waals surface area contributed by atoms with Crippen LogP contribution in [0.15, 0.2) is 47.3 Å². The Bertz CT molecular complexity index is 888. The summed E-state index contributed by atoms with van der Waals surface area (Å²) >= 11 is 1.19. The van der Waals surface area contributed by atoms with Crippen molar-refractivity contribution in [2.24, 2.45) is 0 Å². The quantitative estimate of drug-likeness (QED) is 0.795. The molecule has 0 radical (unpaired) electrons. The molecule has 23 heavy (non-hydrogen) atoms. The van der Waals surface area contributed by atoms with Gasteiger partial charge >= 0.3 is 0 Å². The van der Waals surface area contributed by atoms with Crippen LogP contribution in [-0.2, 0) is 0 Å². The first-order chi connectivity index (χ1) is 11.1. The molecule has 3 aromatic rings. The number of hydrogen-bond acceptors (Lipinski definition) is 6. The Kier molecular flexibility index (Phi) is 4.16. The Balaban J connectivity index is 1.96. The van der Waals surface area contributed by atoms with Gasteiger partial charge in [-0.05, 0) is 42.5 Å². The van der Waals surface area contributed by atoms with E-state index in [1.54, 1.807) is 7.11 Å². The molecule has 0 saturated carbocycles. The van der Waals surface area contributed by atoms with Crippen LogP contribution in [0.25, 0.3) is 10.2 Å². The third-order valence-electron chi connectivity index (χ3n) is 3.44. The largest absolute Gasteiger partial charge is 0.497 e. The van der Waals surface area contributed by atoms with E-state index in [0.717, 1.165) is 27.3 Å². The average molecular weight is 327 g/mol. The molecule has 2 aromatic carbocycles. The lowest BCUT2D eigenvalue weighted by atomic mass is 10.3. The van der Waals surface area contributed by atoms with Crippen LogP contribution in [0.3, 0.4) is 0 Å². The first-order valence-corrected chi connectivity index (χ1v) is 7.92. The van der Waals surface area contributed by atoms with Crippen molar-refractivity contribution in [3.8, 4) is 5.75 Å². The summed E-state index contributed by atoms with van der Waals surface area (Å²) in [5.41, 5.74) is 2.65. The van der Waals surface area contributed by atoms with E-state index in [4.69, 9.17) is 4.74 Å². The van der Waals surface area contributed by atoms with E-state index in [0.29, 0.717) is 5.82 Å². The maximum absolute atomic E-state index is 12.3. The maximum atomic E-state index is 12.3. The zero-order valence-electron chi connectivity index (χ0n) is 13.2. The summed E-state index contributed by atoms with van der Waals surface area (Å²) in [4.78, 5) is 18.7. The van der Waals surface area contributed by atoms with Crippen molar-refractivity contribution in [3.63, 3.8) is 0 Å². The molecular weight excluding hydrogens is 310 g/mol. The van der Waals surface area contributed by atoms with Crippen LogP contribution in [0.2, 0.25) is 0 Å². The molecule has 0 spiro atoms. The number of benzene rings is 2. The Morgan fingerprint density at radius 2 is 1.87 bits per heavy atom. The number of aromatic nitrogens is 1. The highest BCUT2D eigenvalue weighted by atomic mass is 32.1. The number of fused-ring (bicyclic) bond motifs is 1. The molecule has 3 rings (SSSR count). The van der Waals surface area contributed by atoms with Gasteiger partial charge in [-0.25, -0.2) is 4.98 Å². The number of nitrogens with zero attached hydrogens (tertiary/aromatic N) is 2. The maximum Gasteiger partial charge on any atom is 0.275 e. The molecule has 118 valence electrons. The normalized spacial score (nSPS) is 10.6. The van der Waals surface area contributed by atoms with Crippen molar-refractivity contribution < 1.29 is 4.74 Å². The minimum absolute atomic E-state index is 0.0933. The Morgan fingerprint density at radius 3 is 2.52 bits per heavy atom. The molecule has 1 heterocycles. The number of hydrogen-bond donors (Lipinski definition) is 1. The second kappa shape index (κ2) is 6.26. The molecule has 5 nitrogen and oxygen atoms in total. The first kappa shape index (κ1) is 15.3. The topological polar surface area (TPSA) is 54.5 Å². The summed E-state index contributed by atoms with van der Waals surface area (Å²) in [6, 6.07) is 13.3. The fourth-order valence-electron chi connectivity index (χ4n) is 2.16. The summed E-state index contributed by atoms with van der Waals surface area (Å²) in [5, 5.41) is 3.07. The molecule has 0 aliphatic heterocycles. The van der Waals surface area contributed by atoms with Gasteiger partial charge in [-0.1, -0.05) is 11.3 Å². The third kappa shape index (κ3) is 3.27. The molecule has 1 N–H and O–H groups in total. The van der Waals surface area contributed by atoms with Gasteiger partial charge in [0.05, 0.1) is 17.3 Å². The molecule has 0 fully saturated rings. The lowest BCUT2D eigenvalue weighted by Gasteiger charge is -2.12. The van der Waals surface area contributed by atoms with Crippen molar-refractivity contribution in [2.45, 2.75) is 0 Å². The monoisotopic (exact) mass is 327 g/mol. The van der Waals surface area contributed by atoms with Crippen LogP contribution in [0.4, 0.5) is 17.2 Å².